The fourth-order valence-corrected chi connectivity index (χ4v) is 2.10. The number of carboxylic acids is 1. The van der Waals surface area contributed by atoms with Gasteiger partial charge in [0.2, 0.25) is 0 Å². The maximum atomic E-state index is 10.7. The highest BCUT2D eigenvalue weighted by Crippen LogP contribution is 2.34. The molecule has 0 aliphatic carbocycles. The molecule has 0 atom stereocenters. The summed E-state index contributed by atoms with van der Waals surface area (Å²) in [5.74, 6) is -0.694. The zero-order valence-corrected chi connectivity index (χ0v) is 10.8. The molecule has 0 spiro atoms. The molecule has 19 heavy (non-hydrogen) atoms. The van der Waals surface area contributed by atoms with Crippen molar-refractivity contribution in [3.8, 4) is 11.5 Å². The number of ether oxygens (including phenoxy) is 1. The van der Waals surface area contributed by atoms with Crippen molar-refractivity contribution in [3.05, 3.63) is 49.7 Å². The van der Waals surface area contributed by atoms with Gasteiger partial charge in [-0.25, -0.2) is 4.79 Å². The molecule has 0 unspecified atom stereocenters. The van der Waals surface area contributed by atoms with Gasteiger partial charge in [0.1, 0.15) is 10.6 Å². The highest BCUT2D eigenvalue weighted by atomic mass is 35.5. The van der Waals surface area contributed by atoms with Gasteiger partial charge in [-0.3, -0.25) is 10.1 Å². The zero-order chi connectivity index (χ0) is 14.0. The second-order valence-electron chi connectivity index (χ2n) is 3.43. The molecule has 0 aliphatic heterocycles. The Bertz CT molecular complexity index is 654. The Morgan fingerprint density at radius 1 is 1.42 bits per heavy atom. The minimum absolute atomic E-state index is 0.102. The van der Waals surface area contributed by atoms with E-state index in [0.29, 0.717) is 0 Å². The van der Waals surface area contributed by atoms with E-state index in [9.17, 15) is 14.9 Å². The number of nitrogens with zero attached hydrogens (tertiary/aromatic N) is 1. The number of hydrogen-bond donors (Lipinski definition) is 1. The number of rotatable bonds is 4. The fraction of sp³-hybridized carbons (Fsp3) is 0. The molecule has 0 aliphatic rings. The molecule has 8 heteroatoms. The lowest BCUT2D eigenvalue weighted by Crippen LogP contribution is -1.91. The number of carboxylic acid groups (broad SMARTS) is 1. The lowest BCUT2D eigenvalue weighted by molar-refractivity contribution is -0.384. The summed E-state index contributed by atoms with van der Waals surface area (Å²) in [5.41, 5.74) is -0.159. The number of halogens is 1. The SMILES string of the molecule is O=C(O)c1cc(Oc2cc([N+](=O)[O-])ccc2Cl)cs1. The quantitative estimate of drug-likeness (QED) is 0.685. The van der Waals surface area contributed by atoms with E-state index in [-0.39, 0.29) is 27.1 Å². The normalized spacial score (nSPS) is 10.2. The number of thiophene rings is 1. The van der Waals surface area contributed by atoms with Crippen LogP contribution in [0.4, 0.5) is 5.69 Å². The molecule has 1 N–H and O–H groups in total. The lowest BCUT2D eigenvalue weighted by Gasteiger charge is -2.04. The molecule has 0 amide bonds. The van der Waals surface area contributed by atoms with Gasteiger partial charge in [-0.15, -0.1) is 11.3 Å². The molecule has 2 aromatic rings. The first-order chi connectivity index (χ1) is 8.97. The molecule has 1 heterocycles. The molecule has 0 saturated heterocycles. The fourth-order valence-electron chi connectivity index (χ4n) is 1.30. The van der Waals surface area contributed by atoms with E-state index < -0.39 is 10.9 Å². The average Bonchev–Trinajstić information content (AvgIpc) is 2.80. The van der Waals surface area contributed by atoms with Gasteiger partial charge in [-0.1, -0.05) is 11.6 Å². The Kier molecular flexibility index (Phi) is 3.68. The predicted octanol–water partition coefficient (Wildman–Crippen LogP) is 3.80. The third-order valence-corrected chi connectivity index (χ3v) is 3.35. The van der Waals surface area contributed by atoms with Crippen LogP contribution in [0.2, 0.25) is 5.02 Å². The van der Waals surface area contributed by atoms with Crippen LogP contribution in [0.25, 0.3) is 0 Å². The monoisotopic (exact) mass is 299 g/mol. The van der Waals surface area contributed by atoms with Crippen molar-refractivity contribution in [2.75, 3.05) is 0 Å². The van der Waals surface area contributed by atoms with Crippen LogP contribution >= 0.6 is 22.9 Å². The third kappa shape index (κ3) is 3.01. The Balaban J connectivity index is 2.29. The highest BCUT2D eigenvalue weighted by Gasteiger charge is 2.13. The van der Waals surface area contributed by atoms with E-state index in [1.165, 1.54) is 29.6 Å². The van der Waals surface area contributed by atoms with Gasteiger partial charge >= 0.3 is 5.97 Å². The first-order valence-electron chi connectivity index (χ1n) is 4.91. The summed E-state index contributed by atoms with van der Waals surface area (Å²) in [7, 11) is 0. The Hall–Kier alpha value is -2.12. The van der Waals surface area contributed by atoms with Gasteiger partial charge in [0.05, 0.1) is 16.0 Å². The van der Waals surface area contributed by atoms with E-state index >= 15 is 0 Å². The number of non-ortho nitro benzene ring substituents is 1. The molecule has 0 bridgehead atoms. The minimum atomic E-state index is -1.06. The second-order valence-corrected chi connectivity index (χ2v) is 4.74. The molecule has 1 aromatic carbocycles. The molecule has 0 saturated carbocycles. The van der Waals surface area contributed by atoms with Crippen LogP contribution < -0.4 is 4.74 Å². The molecule has 1 aromatic heterocycles. The number of hydrogen-bond acceptors (Lipinski definition) is 5. The van der Waals surface area contributed by atoms with Crippen LogP contribution in [0.15, 0.2) is 29.6 Å². The van der Waals surface area contributed by atoms with Gasteiger partial charge < -0.3 is 9.84 Å². The number of aromatic carboxylic acids is 1. The highest BCUT2D eigenvalue weighted by molar-refractivity contribution is 7.12. The van der Waals surface area contributed by atoms with Crippen LogP contribution in [0.5, 0.6) is 11.5 Å². The van der Waals surface area contributed by atoms with Crippen molar-refractivity contribution in [2.24, 2.45) is 0 Å². The zero-order valence-electron chi connectivity index (χ0n) is 9.20. The number of nitro benzene ring substituents is 1. The van der Waals surface area contributed by atoms with E-state index in [0.717, 1.165) is 11.3 Å². The van der Waals surface area contributed by atoms with Crippen molar-refractivity contribution < 1.29 is 19.6 Å². The maximum Gasteiger partial charge on any atom is 0.346 e. The van der Waals surface area contributed by atoms with E-state index in [2.05, 4.69) is 0 Å². The van der Waals surface area contributed by atoms with Crippen LogP contribution in [0.3, 0.4) is 0 Å². The van der Waals surface area contributed by atoms with Gasteiger partial charge in [-0.05, 0) is 6.07 Å². The number of benzene rings is 1. The van der Waals surface area contributed by atoms with Crippen molar-refractivity contribution in [1.82, 2.24) is 0 Å². The second kappa shape index (κ2) is 5.25. The topological polar surface area (TPSA) is 89.7 Å². The minimum Gasteiger partial charge on any atom is -0.477 e. The summed E-state index contributed by atoms with van der Waals surface area (Å²) in [6.07, 6.45) is 0. The smallest absolute Gasteiger partial charge is 0.346 e. The van der Waals surface area contributed by atoms with Crippen LogP contribution in [-0.2, 0) is 0 Å². The third-order valence-electron chi connectivity index (χ3n) is 2.14. The molecular formula is C11H6ClNO5S. The summed E-state index contributed by atoms with van der Waals surface area (Å²) < 4.78 is 5.34. The maximum absolute atomic E-state index is 10.7. The van der Waals surface area contributed by atoms with Crippen molar-refractivity contribution in [2.45, 2.75) is 0 Å². The Labute approximate surface area is 116 Å². The first-order valence-corrected chi connectivity index (χ1v) is 6.17. The van der Waals surface area contributed by atoms with E-state index in [4.69, 9.17) is 21.4 Å². The van der Waals surface area contributed by atoms with Gasteiger partial charge in [-0.2, -0.15) is 0 Å². The average molecular weight is 300 g/mol. The summed E-state index contributed by atoms with van der Waals surface area (Å²) in [6.45, 7) is 0. The molecule has 98 valence electrons. The predicted molar refractivity (Wildman–Crippen MR) is 69.5 cm³/mol. The summed E-state index contributed by atoms with van der Waals surface area (Å²) in [5, 5.41) is 21.1. The molecule has 2 rings (SSSR count). The summed E-state index contributed by atoms with van der Waals surface area (Å²) >= 11 is 6.85. The molecule has 0 fully saturated rings. The van der Waals surface area contributed by atoms with Crippen molar-refractivity contribution in [1.29, 1.82) is 0 Å². The first kappa shape index (κ1) is 13.3. The van der Waals surface area contributed by atoms with Crippen LogP contribution in [-0.4, -0.2) is 16.0 Å². The van der Waals surface area contributed by atoms with E-state index in [1.54, 1.807) is 0 Å². The van der Waals surface area contributed by atoms with Crippen molar-refractivity contribution >= 4 is 34.6 Å². The number of carbonyl (C=O) groups is 1. The van der Waals surface area contributed by atoms with Crippen LogP contribution in [0, 0.1) is 10.1 Å². The van der Waals surface area contributed by atoms with Gasteiger partial charge in [0, 0.05) is 17.5 Å². The molecule has 6 nitrogen and oxygen atoms in total. The molecule has 0 radical (unpaired) electrons. The van der Waals surface area contributed by atoms with Gasteiger partial charge in [0.25, 0.3) is 5.69 Å². The Morgan fingerprint density at radius 2 is 2.16 bits per heavy atom. The largest absolute Gasteiger partial charge is 0.477 e. The lowest BCUT2D eigenvalue weighted by atomic mass is 10.3. The number of nitro groups is 1. The van der Waals surface area contributed by atoms with Crippen LogP contribution in [0.1, 0.15) is 9.67 Å². The van der Waals surface area contributed by atoms with Gasteiger partial charge in [0.15, 0.2) is 5.75 Å². The summed E-state index contributed by atoms with van der Waals surface area (Å²) in [4.78, 5) is 20.9. The molecular weight excluding hydrogens is 294 g/mol. The van der Waals surface area contributed by atoms with Crippen molar-refractivity contribution in [3.63, 3.8) is 0 Å². The van der Waals surface area contributed by atoms with E-state index in [1.807, 2.05) is 0 Å². The summed E-state index contributed by atoms with van der Waals surface area (Å²) in [6, 6.07) is 5.10. The standard InChI is InChI=1S/C11H6ClNO5S/c12-8-2-1-6(13(16)17)3-9(8)18-7-4-10(11(14)15)19-5-7/h1-5H,(H,14,15). The Morgan fingerprint density at radius 3 is 2.74 bits per heavy atom.